The summed E-state index contributed by atoms with van der Waals surface area (Å²) in [6, 6.07) is 11.7. The Morgan fingerprint density at radius 2 is 1.88 bits per heavy atom. The van der Waals surface area contributed by atoms with Gasteiger partial charge < -0.3 is 15.2 Å². The number of aryl methyl sites for hydroxylation is 1. The Morgan fingerprint density at radius 1 is 1.12 bits per heavy atom. The predicted octanol–water partition coefficient (Wildman–Crippen LogP) is 2.17. The van der Waals surface area contributed by atoms with E-state index in [1.807, 2.05) is 49.5 Å². The summed E-state index contributed by atoms with van der Waals surface area (Å²) < 4.78 is 1.62. The van der Waals surface area contributed by atoms with Crippen LogP contribution in [0, 0.1) is 6.92 Å². The molecule has 0 radical (unpaired) electrons. The summed E-state index contributed by atoms with van der Waals surface area (Å²) in [5.74, 6) is -0.0698. The Balaban J connectivity index is 1.28. The van der Waals surface area contributed by atoms with Crippen molar-refractivity contribution in [3.63, 3.8) is 0 Å². The number of benzene rings is 1. The van der Waals surface area contributed by atoms with Crippen molar-refractivity contribution in [2.75, 3.05) is 38.1 Å². The molecule has 0 saturated carbocycles. The van der Waals surface area contributed by atoms with Gasteiger partial charge in [0.1, 0.15) is 5.52 Å². The van der Waals surface area contributed by atoms with Crippen molar-refractivity contribution in [3.8, 4) is 0 Å². The molecule has 0 spiro atoms. The average Bonchev–Trinajstić information content (AvgIpc) is 3.21. The van der Waals surface area contributed by atoms with E-state index in [-0.39, 0.29) is 11.6 Å². The Hall–Kier alpha value is -3.65. The zero-order valence-corrected chi connectivity index (χ0v) is 18.3. The van der Waals surface area contributed by atoms with Crippen molar-refractivity contribution in [2.45, 2.75) is 13.5 Å². The lowest BCUT2D eigenvalue weighted by molar-refractivity contribution is 0.0963. The first-order valence-electron chi connectivity index (χ1n) is 10.8. The zero-order valence-electron chi connectivity index (χ0n) is 18.3. The number of hydrogen-bond donors (Lipinski definition) is 2. The summed E-state index contributed by atoms with van der Waals surface area (Å²) in [6.45, 7) is 6.49. The van der Waals surface area contributed by atoms with Gasteiger partial charge in [0, 0.05) is 63.4 Å². The van der Waals surface area contributed by atoms with Crippen LogP contribution in [0.3, 0.4) is 0 Å². The van der Waals surface area contributed by atoms with Crippen molar-refractivity contribution in [3.05, 3.63) is 76.0 Å². The molecule has 4 aromatic rings. The van der Waals surface area contributed by atoms with Gasteiger partial charge in [0.25, 0.3) is 5.91 Å². The Labute approximate surface area is 185 Å². The predicted molar refractivity (Wildman–Crippen MR) is 125 cm³/mol. The van der Waals surface area contributed by atoms with Gasteiger partial charge in [-0.05, 0) is 54.4 Å². The molecule has 164 valence electrons. The van der Waals surface area contributed by atoms with E-state index in [9.17, 15) is 9.59 Å². The number of amides is 1. The third-order valence-electron chi connectivity index (χ3n) is 6.22. The lowest BCUT2D eigenvalue weighted by Gasteiger charge is -2.36. The summed E-state index contributed by atoms with van der Waals surface area (Å²) >= 11 is 0. The molecule has 1 amide bonds. The topological polar surface area (TPSA) is 85.7 Å². The fourth-order valence-corrected chi connectivity index (χ4v) is 4.44. The van der Waals surface area contributed by atoms with Crippen LogP contribution >= 0.6 is 0 Å². The molecule has 8 heteroatoms. The smallest absolute Gasteiger partial charge is 0.330 e. The zero-order chi connectivity index (χ0) is 22.2. The van der Waals surface area contributed by atoms with Gasteiger partial charge in [-0.15, -0.1) is 0 Å². The van der Waals surface area contributed by atoms with E-state index in [2.05, 4.69) is 25.1 Å². The maximum atomic E-state index is 12.4. The van der Waals surface area contributed by atoms with E-state index < -0.39 is 0 Å². The van der Waals surface area contributed by atoms with Gasteiger partial charge in [0.15, 0.2) is 0 Å². The highest BCUT2D eigenvalue weighted by Gasteiger charge is 2.18. The van der Waals surface area contributed by atoms with Crippen LogP contribution in [0.25, 0.3) is 16.6 Å². The highest BCUT2D eigenvalue weighted by molar-refractivity contribution is 5.94. The number of carbonyl (C=O) groups is 1. The molecule has 0 bridgehead atoms. The van der Waals surface area contributed by atoms with E-state index in [1.165, 1.54) is 0 Å². The van der Waals surface area contributed by atoms with Gasteiger partial charge in [-0.3, -0.25) is 19.1 Å². The highest BCUT2D eigenvalue weighted by Crippen LogP contribution is 2.21. The van der Waals surface area contributed by atoms with Crippen LogP contribution < -0.4 is 15.9 Å². The number of rotatable bonds is 4. The molecular weight excluding hydrogens is 404 g/mol. The molecule has 1 saturated heterocycles. The number of anilines is 1. The van der Waals surface area contributed by atoms with Crippen LogP contribution in [0.5, 0.6) is 0 Å². The summed E-state index contributed by atoms with van der Waals surface area (Å²) in [5, 5.41) is 2.65. The fraction of sp³-hybridized carbons (Fsp3) is 0.292. The maximum absolute atomic E-state index is 12.4. The minimum Gasteiger partial charge on any atom is -0.369 e. The van der Waals surface area contributed by atoms with Crippen LogP contribution in [0.4, 0.5) is 5.69 Å². The van der Waals surface area contributed by atoms with Gasteiger partial charge in [-0.25, -0.2) is 4.79 Å². The Morgan fingerprint density at radius 3 is 2.59 bits per heavy atom. The van der Waals surface area contributed by atoms with Crippen molar-refractivity contribution < 1.29 is 4.79 Å². The standard InChI is InChI=1S/C24H26N6O2/c1-16-7-8-30-22(16)21-20(27-24(30)32)13-17(14-26-21)15-28-9-11-29(12-10-28)19-5-3-18(4-6-19)23(31)25-2/h3-8,13-14H,9-12,15H2,1-2H3,(H,25,31)(H,27,32). The number of pyridine rings is 1. The van der Waals surface area contributed by atoms with Gasteiger partial charge >= 0.3 is 5.69 Å². The van der Waals surface area contributed by atoms with Gasteiger partial charge in [0.05, 0.1) is 11.0 Å². The lowest BCUT2D eigenvalue weighted by Crippen LogP contribution is -2.46. The average molecular weight is 431 g/mol. The number of carbonyl (C=O) groups excluding carboxylic acids is 1. The largest absolute Gasteiger partial charge is 0.369 e. The van der Waals surface area contributed by atoms with E-state index in [0.717, 1.165) is 66.1 Å². The first-order valence-corrected chi connectivity index (χ1v) is 10.8. The molecule has 5 rings (SSSR count). The second-order valence-electron chi connectivity index (χ2n) is 8.28. The number of aromatic nitrogens is 3. The molecule has 0 unspecified atom stereocenters. The number of H-pyrrole nitrogens is 1. The Kier molecular flexibility index (Phi) is 5.14. The molecule has 4 heterocycles. The number of hydrogen-bond acceptors (Lipinski definition) is 5. The second kappa shape index (κ2) is 8.12. The molecule has 3 aromatic heterocycles. The quantitative estimate of drug-likeness (QED) is 0.518. The Bertz CT molecular complexity index is 1350. The minimum atomic E-state index is -0.143. The van der Waals surface area contributed by atoms with Crippen molar-refractivity contribution >= 4 is 28.1 Å². The molecule has 1 fully saturated rings. The highest BCUT2D eigenvalue weighted by atomic mass is 16.1. The van der Waals surface area contributed by atoms with Crippen molar-refractivity contribution in [1.29, 1.82) is 0 Å². The molecule has 32 heavy (non-hydrogen) atoms. The lowest BCUT2D eigenvalue weighted by atomic mass is 10.1. The number of nitrogens with one attached hydrogen (secondary N) is 2. The summed E-state index contributed by atoms with van der Waals surface area (Å²) in [4.78, 5) is 36.5. The van der Waals surface area contributed by atoms with Gasteiger partial charge in [0.2, 0.25) is 0 Å². The van der Waals surface area contributed by atoms with Gasteiger partial charge in [-0.2, -0.15) is 0 Å². The summed E-state index contributed by atoms with van der Waals surface area (Å²) in [7, 11) is 1.64. The van der Waals surface area contributed by atoms with Crippen molar-refractivity contribution in [2.24, 2.45) is 0 Å². The number of nitrogens with zero attached hydrogens (tertiary/aromatic N) is 4. The van der Waals surface area contributed by atoms with Crippen LogP contribution in [0.2, 0.25) is 0 Å². The molecule has 1 aliphatic rings. The maximum Gasteiger partial charge on any atom is 0.330 e. The van der Waals surface area contributed by atoms with Crippen molar-refractivity contribution in [1.82, 2.24) is 24.6 Å². The molecule has 1 aliphatic heterocycles. The number of aromatic amines is 1. The summed E-state index contributed by atoms with van der Waals surface area (Å²) in [5.41, 5.74) is 6.25. The second-order valence-corrected chi connectivity index (χ2v) is 8.28. The van der Waals surface area contributed by atoms with Crippen LogP contribution in [0.1, 0.15) is 21.5 Å². The van der Waals surface area contributed by atoms with Crippen LogP contribution in [-0.2, 0) is 6.54 Å². The minimum absolute atomic E-state index is 0.0698. The summed E-state index contributed by atoms with van der Waals surface area (Å²) in [6.07, 6.45) is 3.70. The third-order valence-corrected chi connectivity index (χ3v) is 6.22. The van der Waals surface area contributed by atoms with E-state index in [0.29, 0.717) is 5.56 Å². The number of fused-ring (bicyclic) bond motifs is 3. The first-order chi connectivity index (χ1) is 15.5. The molecule has 8 nitrogen and oxygen atoms in total. The molecule has 0 atom stereocenters. The monoisotopic (exact) mass is 430 g/mol. The van der Waals surface area contributed by atoms with E-state index in [1.54, 1.807) is 17.6 Å². The van der Waals surface area contributed by atoms with Gasteiger partial charge in [-0.1, -0.05) is 0 Å². The number of piperazine rings is 1. The van der Waals surface area contributed by atoms with Crippen LogP contribution in [-0.4, -0.2) is 58.4 Å². The third kappa shape index (κ3) is 3.62. The first kappa shape index (κ1) is 20.3. The van der Waals surface area contributed by atoms with Crippen LogP contribution in [0.15, 0.2) is 53.6 Å². The normalized spacial score (nSPS) is 14.9. The van der Waals surface area contributed by atoms with E-state index >= 15 is 0 Å². The SMILES string of the molecule is CNC(=O)c1ccc(N2CCN(Cc3cnc4c(c3)[nH]c(=O)n3ccc(C)c43)CC2)cc1. The molecule has 1 aromatic carbocycles. The molecule has 2 N–H and O–H groups in total. The molecule has 0 aliphatic carbocycles. The van der Waals surface area contributed by atoms with E-state index in [4.69, 9.17) is 0 Å². The molecular formula is C24H26N6O2. The fourth-order valence-electron chi connectivity index (χ4n) is 4.44.